The molecular weight excluding hydrogens is 170 g/mol. The molecule has 1 atom stereocenters. The van der Waals surface area contributed by atoms with E-state index in [4.69, 9.17) is 0 Å². The van der Waals surface area contributed by atoms with E-state index in [0.717, 1.165) is 6.54 Å². The van der Waals surface area contributed by atoms with Crippen molar-refractivity contribution < 1.29 is 0 Å². The SMILES string of the molecule is C[C@H](CNC(C)(C)C)c1ccccc1. The van der Waals surface area contributed by atoms with Crippen LogP contribution in [0.3, 0.4) is 0 Å². The molecule has 1 rings (SSSR count). The highest BCUT2D eigenvalue weighted by atomic mass is 14.9. The van der Waals surface area contributed by atoms with Gasteiger partial charge in [0.2, 0.25) is 0 Å². The normalized spacial score (nSPS) is 14.0. The van der Waals surface area contributed by atoms with E-state index in [2.05, 4.69) is 63.3 Å². The molecule has 1 nitrogen and oxygen atoms in total. The van der Waals surface area contributed by atoms with Crippen LogP contribution in [0.25, 0.3) is 0 Å². The fraction of sp³-hybridized carbons (Fsp3) is 0.538. The van der Waals surface area contributed by atoms with Crippen LogP contribution < -0.4 is 5.32 Å². The highest BCUT2D eigenvalue weighted by Crippen LogP contribution is 2.14. The predicted molar refractivity (Wildman–Crippen MR) is 62.6 cm³/mol. The Morgan fingerprint density at radius 2 is 1.71 bits per heavy atom. The highest BCUT2D eigenvalue weighted by Gasteiger charge is 2.11. The molecule has 0 fully saturated rings. The second-order valence-corrected chi connectivity index (χ2v) is 4.94. The van der Waals surface area contributed by atoms with Gasteiger partial charge in [0.25, 0.3) is 0 Å². The van der Waals surface area contributed by atoms with Crippen molar-refractivity contribution in [3.05, 3.63) is 35.9 Å². The molecule has 14 heavy (non-hydrogen) atoms. The topological polar surface area (TPSA) is 12.0 Å². The fourth-order valence-corrected chi connectivity index (χ4v) is 1.36. The van der Waals surface area contributed by atoms with Crippen molar-refractivity contribution >= 4 is 0 Å². The van der Waals surface area contributed by atoms with E-state index in [-0.39, 0.29) is 5.54 Å². The van der Waals surface area contributed by atoms with Gasteiger partial charge in [-0.2, -0.15) is 0 Å². The van der Waals surface area contributed by atoms with Gasteiger partial charge in [-0.05, 0) is 32.3 Å². The van der Waals surface area contributed by atoms with E-state index in [0.29, 0.717) is 5.92 Å². The summed E-state index contributed by atoms with van der Waals surface area (Å²) in [6.07, 6.45) is 0. The van der Waals surface area contributed by atoms with Crippen molar-refractivity contribution in [2.45, 2.75) is 39.2 Å². The van der Waals surface area contributed by atoms with Gasteiger partial charge in [-0.3, -0.25) is 0 Å². The third-order valence-electron chi connectivity index (χ3n) is 2.31. The summed E-state index contributed by atoms with van der Waals surface area (Å²) in [6.45, 7) is 9.89. The monoisotopic (exact) mass is 191 g/mol. The lowest BCUT2D eigenvalue weighted by molar-refractivity contribution is 0.412. The minimum atomic E-state index is 0.211. The van der Waals surface area contributed by atoms with Gasteiger partial charge in [0.05, 0.1) is 0 Å². The lowest BCUT2D eigenvalue weighted by Gasteiger charge is -2.23. The molecule has 0 aromatic heterocycles. The molecule has 1 heteroatoms. The fourth-order valence-electron chi connectivity index (χ4n) is 1.36. The molecule has 0 radical (unpaired) electrons. The van der Waals surface area contributed by atoms with Crippen LogP contribution in [-0.4, -0.2) is 12.1 Å². The summed E-state index contributed by atoms with van der Waals surface area (Å²) in [6, 6.07) is 10.6. The minimum absolute atomic E-state index is 0.211. The predicted octanol–water partition coefficient (Wildman–Crippen LogP) is 3.18. The van der Waals surface area contributed by atoms with Crippen LogP contribution >= 0.6 is 0 Å². The van der Waals surface area contributed by atoms with Crippen molar-refractivity contribution in [1.82, 2.24) is 5.32 Å². The van der Waals surface area contributed by atoms with Gasteiger partial charge in [0.1, 0.15) is 0 Å². The smallest absolute Gasteiger partial charge is 0.00967 e. The number of hydrogen-bond acceptors (Lipinski definition) is 1. The summed E-state index contributed by atoms with van der Waals surface area (Å²) < 4.78 is 0. The molecule has 0 aliphatic carbocycles. The third kappa shape index (κ3) is 3.93. The Kier molecular flexibility index (Phi) is 3.70. The van der Waals surface area contributed by atoms with Gasteiger partial charge in [-0.15, -0.1) is 0 Å². The summed E-state index contributed by atoms with van der Waals surface area (Å²) in [4.78, 5) is 0. The average molecular weight is 191 g/mol. The van der Waals surface area contributed by atoms with Gasteiger partial charge >= 0.3 is 0 Å². The maximum Gasteiger partial charge on any atom is 0.00967 e. The molecule has 0 heterocycles. The lowest BCUT2D eigenvalue weighted by atomic mass is 10.00. The van der Waals surface area contributed by atoms with Gasteiger partial charge < -0.3 is 5.32 Å². The quantitative estimate of drug-likeness (QED) is 0.773. The van der Waals surface area contributed by atoms with E-state index in [9.17, 15) is 0 Å². The van der Waals surface area contributed by atoms with E-state index < -0.39 is 0 Å². The van der Waals surface area contributed by atoms with Gasteiger partial charge in [-0.25, -0.2) is 0 Å². The van der Waals surface area contributed by atoms with Gasteiger partial charge in [0.15, 0.2) is 0 Å². The van der Waals surface area contributed by atoms with Crippen LogP contribution in [0.1, 0.15) is 39.2 Å². The molecule has 0 bridgehead atoms. The van der Waals surface area contributed by atoms with E-state index in [1.54, 1.807) is 0 Å². The standard InChI is InChI=1S/C13H21N/c1-11(10-14-13(2,3)4)12-8-6-5-7-9-12/h5-9,11,14H,10H2,1-4H3/t11-/m1/s1. The molecule has 0 aliphatic heterocycles. The minimum Gasteiger partial charge on any atom is -0.311 e. The highest BCUT2D eigenvalue weighted by molar-refractivity contribution is 5.19. The zero-order valence-electron chi connectivity index (χ0n) is 9.67. The van der Waals surface area contributed by atoms with Crippen molar-refractivity contribution in [2.75, 3.05) is 6.54 Å². The summed E-state index contributed by atoms with van der Waals surface area (Å²) >= 11 is 0. The molecule has 0 saturated heterocycles. The summed E-state index contributed by atoms with van der Waals surface area (Å²) in [5.74, 6) is 0.579. The van der Waals surface area contributed by atoms with Crippen LogP contribution in [0.4, 0.5) is 0 Å². The summed E-state index contributed by atoms with van der Waals surface area (Å²) in [5.41, 5.74) is 1.62. The maximum absolute atomic E-state index is 3.52. The summed E-state index contributed by atoms with van der Waals surface area (Å²) in [5, 5.41) is 3.52. The van der Waals surface area contributed by atoms with Crippen molar-refractivity contribution in [3.63, 3.8) is 0 Å². The first-order chi connectivity index (χ1) is 6.49. The second kappa shape index (κ2) is 4.61. The number of rotatable bonds is 3. The largest absolute Gasteiger partial charge is 0.311 e. The van der Waals surface area contributed by atoms with Crippen LogP contribution in [-0.2, 0) is 0 Å². The average Bonchev–Trinajstić information content (AvgIpc) is 2.14. The second-order valence-electron chi connectivity index (χ2n) is 4.94. The Morgan fingerprint density at radius 3 is 2.21 bits per heavy atom. The van der Waals surface area contributed by atoms with Crippen LogP contribution in [0.5, 0.6) is 0 Å². The molecule has 1 aromatic rings. The molecule has 1 N–H and O–H groups in total. The van der Waals surface area contributed by atoms with Crippen LogP contribution in [0, 0.1) is 0 Å². The Morgan fingerprint density at radius 1 is 1.14 bits per heavy atom. The molecule has 0 spiro atoms. The molecule has 0 aliphatic rings. The third-order valence-corrected chi connectivity index (χ3v) is 2.31. The Labute approximate surface area is 87.5 Å². The van der Waals surface area contributed by atoms with E-state index in [1.807, 2.05) is 0 Å². The number of nitrogens with one attached hydrogen (secondary N) is 1. The zero-order chi connectivity index (χ0) is 10.6. The molecule has 0 unspecified atom stereocenters. The van der Waals surface area contributed by atoms with Crippen molar-refractivity contribution in [2.24, 2.45) is 0 Å². The molecular formula is C13H21N. The Balaban J connectivity index is 2.48. The van der Waals surface area contributed by atoms with Crippen LogP contribution in [0.15, 0.2) is 30.3 Å². The first kappa shape index (κ1) is 11.3. The van der Waals surface area contributed by atoms with Crippen LogP contribution in [0.2, 0.25) is 0 Å². The zero-order valence-corrected chi connectivity index (χ0v) is 9.67. The van der Waals surface area contributed by atoms with Crippen molar-refractivity contribution in [1.29, 1.82) is 0 Å². The molecule has 78 valence electrons. The lowest BCUT2D eigenvalue weighted by Crippen LogP contribution is -2.38. The molecule has 1 aromatic carbocycles. The first-order valence-electron chi connectivity index (χ1n) is 5.29. The number of benzene rings is 1. The summed E-state index contributed by atoms with van der Waals surface area (Å²) in [7, 11) is 0. The Bertz CT molecular complexity index is 258. The van der Waals surface area contributed by atoms with Gasteiger partial charge in [0, 0.05) is 12.1 Å². The molecule has 0 amide bonds. The van der Waals surface area contributed by atoms with E-state index >= 15 is 0 Å². The number of hydrogen-bond donors (Lipinski definition) is 1. The van der Waals surface area contributed by atoms with Crippen molar-refractivity contribution in [3.8, 4) is 0 Å². The molecule has 0 saturated carbocycles. The maximum atomic E-state index is 3.52. The van der Waals surface area contributed by atoms with Gasteiger partial charge in [-0.1, -0.05) is 37.3 Å². The first-order valence-corrected chi connectivity index (χ1v) is 5.29. The van der Waals surface area contributed by atoms with E-state index in [1.165, 1.54) is 5.56 Å². The Hall–Kier alpha value is -0.820.